The van der Waals surface area contributed by atoms with Gasteiger partial charge in [-0.15, -0.1) is 0 Å². The SMILES string of the molecule is NC(=O)NC(=O)COC(=O)c1ccc2c(c1)CCC2. The maximum atomic E-state index is 11.7. The number of primary amides is 1. The van der Waals surface area contributed by atoms with Crippen molar-refractivity contribution in [3.8, 4) is 0 Å². The first-order valence-corrected chi connectivity index (χ1v) is 5.94. The zero-order valence-corrected chi connectivity index (χ0v) is 10.3. The van der Waals surface area contributed by atoms with Crippen molar-refractivity contribution in [2.75, 3.05) is 6.61 Å². The average molecular weight is 262 g/mol. The third-order valence-corrected chi connectivity index (χ3v) is 2.93. The molecule has 3 N–H and O–H groups in total. The van der Waals surface area contributed by atoms with Crippen LogP contribution < -0.4 is 11.1 Å². The molecule has 0 aliphatic heterocycles. The third-order valence-electron chi connectivity index (χ3n) is 2.93. The zero-order chi connectivity index (χ0) is 13.8. The highest BCUT2D eigenvalue weighted by Crippen LogP contribution is 2.23. The number of ether oxygens (including phenoxy) is 1. The van der Waals surface area contributed by atoms with E-state index in [1.54, 1.807) is 12.1 Å². The van der Waals surface area contributed by atoms with Gasteiger partial charge in [0.1, 0.15) is 0 Å². The molecule has 0 unspecified atom stereocenters. The molecular formula is C13H14N2O4. The van der Waals surface area contributed by atoms with Crippen molar-refractivity contribution in [1.82, 2.24) is 5.32 Å². The van der Waals surface area contributed by atoms with E-state index >= 15 is 0 Å². The lowest BCUT2D eigenvalue weighted by molar-refractivity contribution is -0.123. The summed E-state index contributed by atoms with van der Waals surface area (Å²) in [7, 11) is 0. The first kappa shape index (κ1) is 13.1. The van der Waals surface area contributed by atoms with Gasteiger partial charge in [-0.2, -0.15) is 0 Å². The molecular weight excluding hydrogens is 248 g/mol. The first-order valence-electron chi connectivity index (χ1n) is 5.94. The van der Waals surface area contributed by atoms with E-state index < -0.39 is 24.5 Å². The van der Waals surface area contributed by atoms with Crippen molar-refractivity contribution in [2.24, 2.45) is 5.73 Å². The van der Waals surface area contributed by atoms with Gasteiger partial charge in [0.05, 0.1) is 5.56 Å². The lowest BCUT2D eigenvalue weighted by Crippen LogP contribution is -2.37. The van der Waals surface area contributed by atoms with Gasteiger partial charge in [-0.05, 0) is 42.5 Å². The number of nitrogens with two attached hydrogens (primary N) is 1. The molecule has 2 rings (SSSR count). The van der Waals surface area contributed by atoms with Gasteiger partial charge >= 0.3 is 12.0 Å². The summed E-state index contributed by atoms with van der Waals surface area (Å²) in [6.07, 6.45) is 3.08. The molecule has 19 heavy (non-hydrogen) atoms. The second-order valence-corrected chi connectivity index (χ2v) is 4.33. The summed E-state index contributed by atoms with van der Waals surface area (Å²) in [5.41, 5.74) is 7.57. The molecule has 0 aromatic heterocycles. The summed E-state index contributed by atoms with van der Waals surface area (Å²) in [6.45, 7) is -0.529. The van der Waals surface area contributed by atoms with Crippen molar-refractivity contribution in [2.45, 2.75) is 19.3 Å². The minimum absolute atomic E-state index is 0.410. The number of carbonyl (C=O) groups excluding carboxylic acids is 3. The Morgan fingerprint density at radius 1 is 1.21 bits per heavy atom. The van der Waals surface area contributed by atoms with Crippen molar-refractivity contribution < 1.29 is 19.1 Å². The number of hydrogen-bond donors (Lipinski definition) is 2. The normalized spacial score (nSPS) is 12.6. The molecule has 6 heteroatoms. The van der Waals surface area contributed by atoms with Crippen molar-refractivity contribution >= 4 is 17.9 Å². The summed E-state index contributed by atoms with van der Waals surface area (Å²) >= 11 is 0. The smallest absolute Gasteiger partial charge is 0.338 e. The molecule has 1 aliphatic carbocycles. The van der Waals surface area contributed by atoms with Crippen LogP contribution in [0.15, 0.2) is 18.2 Å². The summed E-state index contributed by atoms with van der Waals surface area (Å²) < 4.78 is 4.79. The maximum absolute atomic E-state index is 11.7. The highest BCUT2D eigenvalue weighted by molar-refractivity contribution is 5.96. The fourth-order valence-electron chi connectivity index (χ4n) is 2.09. The number of rotatable bonds is 3. The molecule has 0 bridgehead atoms. The van der Waals surface area contributed by atoms with E-state index in [1.165, 1.54) is 5.56 Å². The Morgan fingerprint density at radius 3 is 2.68 bits per heavy atom. The minimum Gasteiger partial charge on any atom is -0.452 e. The first-order chi connectivity index (χ1) is 9.06. The molecule has 3 amide bonds. The number of fused-ring (bicyclic) bond motifs is 1. The second kappa shape index (κ2) is 5.51. The van der Waals surface area contributed by atoms with Crippen molar-refractivity contribution in [1.29, 1.82) is 0 Å². The minimum atomic E-state index is -0.974. The molecule has 100 valence electrons. The molecule has 1 aliphatic rings. The predicted molar refractivity (Wildman–Crippen MR) is 66.5 cm³/mol. The van der Waals surface area contributed by atoms with Crippen LogP contribution in [0.2, 0.25) is 0 Å². The summed E-state index contributed by atoms with van der Waals surface area (Å²) in [6, 6.07) is 4.40. The van der Waals surface area contributed by atoms with Crippen LogP contribution in [0, 0.1) is 0 Å². The van der Waals surface area contributed by atoms with E-state index in [0.29, 0.717) is 5.56 Å². The van der Waals surface area contributed by atoms with E-state index in [9.17, 15) is 14.4 Å². The Labute approximate surface area is 109 Å². The number of esters is 1. The van der Waals surface area contributed by atoms with E-state index in [0.717, 1.165) is 24.8 Å². The summed E-state index contributed by atoms with van der Waals surface area (Å²) in [5.74, 6) is -1.34. The van der Waals surface area contributed by atoms with E-state index in [-0.39, 0.29) is 0 Å². The second-order valence-electron chi connectivity index (χ2n) is 4.33. The fourth-order valence-corrected chi connectivity index (χ4v) is 2.09. The van der Waals surface area contributed by atoms with Crippen molar-refractivity contribution in [3.63, 3.8) is 0 Å². The van der Waals surface area contributed by atoms with Gasteiger partial charge in [-0.1, -0.05) is 6.07 Å². The standard InChI is InChI=1S/C13H14N2O4/c14-13(18)15-11(16)7-19-12(17)10-5-4-8-2-1-3-9(8)6-10/h4-6H,1-3,7H2,(H3,14,15,16,18). The van der Waals surface area contributed by atoms with Gasteiger partial charge in [0, 0.05) is 0 Å². The quantitative estimate of drug-likeness (QED) is 0.776. The molecule has 0 fully saturated rings. The van der Waals surface area contributed by atoms with Crippen LogP contribution in [-0.4, -0.2) is 24.5 Å². The Morgan fingerprint density at radius 2 is 1.95 bits per heavy atom. The highest BCUT2D eigenvalue weighted by Gasteiger charge is 2.15. The molecule has 0 heterocycles. The van der Waals surface area contributed by atoms with Crippen LogP contribution >= 0.6 is 0 Å². The number of amides is 3. The van der Waals surface area contributed by atoms with E-state index in [4.69, 9.17) is 10.5 Å². The number of aryl methyl sites for hydroxylation is 2. The number of nitrogens with one attached hydrogen (secondary N) is 1. The molecule has 0 spiro atoms. The van der Waals surface area contributed by atoms with Crippen LogP contribution in [-0.2, 0) is 22.4 Å². The Kier molecular flexibility index (Phi) is 3.79. The summed E-state index contributed by atoms with van der Waals surface area (Å²) in [5, 5.41) is 1.81. The molecule has 0 radical (unpaired) electrons. The molecule has 0 atom stereocenters. The maximum Gasteiger partial charge on any atom is 0.338 e. The number of benzene rings is 1. The van der Waals surface area contributed by atoms with E-state index in [1.807, 2.05) is 11.4 Å². The predicted octanol–water partition coefficient (Wildman–Crippen LogP) is 0.527. The molecule has 6 nitrogen and oxygen atoms in total. The fraction of sp³-hybridized carbons (Fsp3) is 0.308. The summed E-state index contributed by atoms with van der Waals surface area (Å²) in [4.78, 5) is 33.2. The molecule has 0 saturated heterocycles. The third kappa shape index (κ3) is 3.31. The highest BCUT2D eigenvalue weighted by atomic mass is 16.5. The van der Waals surface area contributed by atoms with Crippen LogP contribution in [0.25, 0.3) is 0 Å². The Balaban J connectivity index is 1.93. The topological polar surface area (TPSA) is 98.5 Å². The largest absolute Gasteiger partial charge is 0.452 e. The zero-order valence-electron chi connectivity index (χ0n) is 10.3. The number of urea groups is 1. The Bertz CT molecular complexity index is 539. The van der Waals surface area contributed by atoms with Crippen LogP contribution in [0.5, 0.6) is 0 Å². The Hall–Kier alpha value is -2.37. The lowest BCUT2D eigenvalue weighted by atomic mass is 10.1. The van der Waals surface area contributed by atoms with Gasteiger partial charge in [0.2, 0.25) is 0 Å². The van der Waals surface area contributed by atoms with Crippen LogP contribution in [0.4, 0.5) is 4.79 Å². The van der Waals surface area contributed by atoms with Gasteiger partial charge in [-0.25, -0.2) is 9.59 Å². The van der Waals surface area contributed by atoms with Gasteiger partial charge in [0.25, 0.3) is 5.91 Å². The number of carbonyl (C=O) groups is 3. The van der Waals surface area contributed by atoms with Crippen LogP contribution in [0.3, 0.4) is 0 Å². The molecule has 0 saturated carbocycles. The number of hydrogen-bond acceptors (Lipinski definition) is 4. The van der Waals surface area contributed by atoms with Gasteiger partial charge < -0.3 is 10.5 Å². The molecule has 1 aromatic carbocycles. The van der Waals surface area contributed by atoms with Crippen LogP contribution in [0.1, 0.15) is 27.9 Å². The lowest BCUT2D eigenvalue weighted by Gasteiger charge is -2.06. The van der Waals surface area contributed by atoms with Crippen molar-refractivity contribution in [3.05, 3.63) is 34.9 Å². The molecule has 1 aromatic rings. The van der Waals surface area contributed by atoms with E-state index in [2.05, 4.69) is 0 Å². The van der Waals surface area contributed by atoms with Gasteiger partial charge in [-0.3, -0.25) is 10.1 Å². The monoisotopic (exact) mass is 262 g/mol. The number of imide groups is 1. The average Bonchev–Trinajstić information content (AvgIpc) is 2.82. The van der Waals surface area contributed by atoms with Gasteiger partial charge in [0.15, 0.2) is 6.61 Å².